The van der Waals surface area contributed by atoms with Crippen molar-refractivity contribution in [2.45, 2.75) is 39.2 Å². The molecule has 1 heterocycles. The highest BCUT2D eigenvalue weighted by Crippen LogP contribution is 2.35. The van der Waals surface area contributed by atoms with E-state index in [-0.39, 0.29) is 5.91 Å². The van der Waals surface area contributed by atoms with Crippen molar-refractivity contribution in [2.75, 3.05) is 32.7 Å². The maximum absolute atomic E-state index is 12.1. The summed E-state index contributed by atoms with van der Waals surface area (Å²) >= 11 is 0. The van der Waals surface area contributed by atoms with E-state index in [9.17, 15) is 4.79 Å². The van der Waals surface area contributed by atoms with Crippen LogP contribution in [0, 0.1) is 11.8 Å². The lowest BCUT2D eigenvalue weighted by atomic mass is 9.78. The maximum Gasteiger partial charge on any atom is 0.236 e. The summed E-state index contributed by atoms with van der Waals surface area (Å²) in [6.45, 7) is 8.40. The summed E-state index contributed by atoms with van der Waals surface area (Å²) in [4.78, 5) is 16.3. The Hall–Kier alpha value is -0.610. The highest BCUT2D eigenvalue weighted by atomic mass is 16.2. The maximum atomic E-state index is 12.1. The van der Waals surface area contributed by atoms with Crippen molar-refractivity contribution >= 4 is 5.91 Å². The molecule has 1 saturated heterocycles. The van der Waals surface area contributed by atoms with Crippen molar-refractivity contribution in [3.8, 4) is 0 Å². The van der Waals surface area contributed by atoms with Crippen molar-refractivity contribution in [3.05, 3.63) is 0 Å². The summed E-state index contributed by atoms with van der Waals surface area (Å²) in [5.41, 5.74) is 6.20. The number of nitrogens with two attached hydrogens (primary N) is 1. The highest BCUT2D eigenvalue weighted by molar-refractivity contribution is 5.78. The van der Waals surface area contributed by atoms with Gasteiger partial charge >= 0.3 is 0 Å². The van der Waals surface area contributed by atoms with Crippen molar-refractivity contribution in [1.29, 1.82) is 0 Å². The van der Waals surface area contributed by atoms with E-state index in [4.69, 9.17) is 5.73 Å². The van der Waals surface area contributed by atoms with Gasteiger partial charge in [0.05, 0.1) is 6.54 Å². The summed E-state index contributed by atoms with van der Waals surface area (Å²) in [6.07, 6.45) is 3.73. The van der Waals surface area contributed by atoms with Gasteiger partial charge in [0.15, 0.2) is 0 Å². The van der Waals surface area contributed by atoms with Crippen molar-refractivity contribution in [1.82, 2.24) is 9.80 Å². The Balaban J connectivity index is 1.87. The van der Waals surface area contributed by atoms with Crippen LogP contribution in [0.1, 0.15) is 33.1 Å². The first-order valence-corrected chi connectivity index (χ1v) is 7.41. The summed E-state index contributed by atoms with van der Waals surface area (Å²) in [5, 5.41) is 0. The van der Waals surface area contributed by atoms with E-state index in [2.05, 4.69) is 4.90 Å². The molecule has 1 saturated carbocycles. The lowest BCUT2D eigenvalue weighted by molar-refractivity contribution is -0.131. The van der Waals surface area contributed by atoms with E-state index in [0.717, 1.165) is 32.1 Å². The number of amides is 1. The fourth-order valence-electron chi connectivity index (χ4n) is 3.61. The predicted octanol–water partition coefficient (Wildman–Crippen LogP) is 0.914. The molecule has 104 valence electrons. The molecule has 2 aliphatic rings. The summed E-state index contributed by atoms with van der Waals surface area (Å²) < 4.78 is 0. The van der Waals surface area contributed by atoms with Crippen LogP contribution in [0.15, 0.2) is 0 Å². The van der Waals surface area contributed by atoms with E-state index in [0.29, 0.717) is 18.5 Å². The average Bonchev–Trinajstić information content (AvgIpc) is 2.74. The number of carbonyl (C=O) groups is 1. The third kappa shape index (κ3) is 2.86. The largest absolute Gasteiger partial charge is 0.342 e. The lowest BCUT2D eigenvalue weighted by Crippen LogP contribution is -2.40. The summed E-state index contributed by atoms with van der Waals surface area (Å²) in [5.74, 6) is 1.63. The zero-order chi connectivity index (χ0) is 13.1. The number of carbonyl (C=O) groups excluding carboxylic acids is 1. The molecule has 0 bridgehead atoms. The monoisotopic (exact) mass is 253 g/mol. The molecule has 18 heavy (non-hydrogen) atoms. The highest BCUT2D eigenvalue weighted by Gasteiger charge is 2.39. The molecule has 2 rings (SSSR count). The normalized spacial score (nSPS) is 32.3. The van der Waals surface area contributed by atoms with Gasteiger partial charge in [0.1, 0.15) is 0 Å². The molecule has 2 fully saturated rings. The topological polar surface area (TPSA) is 49.6 Å². The van der Waals surface area contributed by atoms with E-state index >= 15 is 0 Å². The van der Waals surface area contributed by atoms with Gasteiger partial charge in [0, 0.05) is 32.2 Å². The van der Waals surface area contributed by atoms with Crippen LogP contribution in [0.3, 0.4) is 0 Å². The molecule has 4 heteroatoms. The number of hydrogen-bond acceptors (Lipinski definition) is 3. The van der Waals surface area contributed by atoms with Crippen LogP contribution in [0.2, 0.25) is 0 Å². The SMILES string of the molecule is CCN(CC)C(=O)CN1CC2CCCC(N)C2C1. The third-order valence-electron chi connectivity index (χ3n) is 4.70. The average molecular weight is 253 g/mol. The van der Waals surface area contributed by atoms with Crippen LogP contribution < -0.4 is 5.73 Å². The van der Waals surface area contributed by atoms with Gasteiger partial charge in [0.2, 0.25) is 5.91 Å². The van der Waals surface area contributed by atoms with Gasteiger partial charge in [-0.05, 0) is 38.5 Å². The third-order valence-corrected chi connectivity index (χ3v) is 4.70. The second kappa shape index (κ2) is 6.02. The minimum Gasteiger partial charge on any atom is -0.342 e. The molecule has 0 aromatic carbocycles. The van der Waals surface area contributed by atoms with Crippen LogP contribution in [-0.4, -0.2) is 54.5 Å². The first kappa shape index (κ1) is 13.8. The van der Waals surface area contributed by atoms with Crippen molar-refractivity contribution in [3.63, 3.8) is 0 Å². The zero-order valence-electron chi connectivity index (χ0n) is 11.8. The Kier molecular flexibility index (Phi) is 4.62. The van der Waals surface area contributed by atoms with E-state index in [1.807, 2.05) is 18.7 Å². The molecule has 1 amide bonds. The van der Waals surface area contributed by atoms with Crippen LogP contribution >= 0.6 is 0 Å². The molecule has 3 atom stereocenters. The zero-order valence-corrected chi connectivity index (χ0v) is 11.8. The van der Waals surface area contributed by atoms with Crippen LogP contribution in [0.5, 0.6) is 0 Å². The molecule has 0 spiro atoms. The standard InChI is InChI=1S/C14H27N3O/c1-3-17(4-2)14(18)10-16-8-11-6-5-7-13(15)12(11)9-16/h11-13H,3-10,15H2,1-2H3. The number of nitrogens with zero attached hydrogens (tertiary/aromatic N) is 2. The van der Waals surface area contributed by atoms with Crippen LogP contribution in [0.25, 0.3) is 0 Å². The predicted molar refractivity (Wildman–Crippen MR) is 73.2 cm³/mol. The van der Waals surface area contributed by atoms with Gasteiger partial charge in [-0.15, -0.1) is 0 Å². The Bertz CT molecular complexity index is 291. The van der Waals surface area contributed by atoms with Crippen LogP contribution in [-0.2, 0) is 4.79 Å². The minimum atomic E-state index is 0.271. The van der Waals surface area contributed by atoms with Gasteiger partial charge in [-0.2, -0.15) is 0 Å². The molecule has 1 aliphatic carbocycles. The quantitative estimate of drug-likeness (QED) is 0.810. The van der Waals surface area contributed by atoms with Gasteiger partial charge in [-0.1, -0.05) is 6.42 Å². The number of likely N-dealkylation sites (tertiary alicyclic amines) is 1. The molecule has 4 nitrogen and oxygen atoms in total. The van der Waals surface area contributed by atoms with Crippen molar-refractivity contribution < 1.29 is 4.79 Å². The molecule has 2 N–H and O–H groups in total. The van der Waals surface area contributed by atoms with Gasteiger partial charge in [-0.25, -0.2) is 0 Å². The van der Waals surface area contributed by atoms with E-state index in [1.54, 1.807) is 0 Å². The number of rotatable bonds is 4. The smallest absolute Gasteiger partial charge is 0.236 e. The number of fused-ring (bicyclic) bond motifs is 1. The molecule has 0 aromatic heterocycles. The molecule has 0 aromatic rings. The van der Waals surface area contributed by atoms with Gasteiger partial charge < -0.3 is 10.6 Å². The Morgan fingerprint density at radius 1 is 1.28 bits per heavy atom. The molecular formula is C14H27N3O. The lowest BCUT2D eigenvalue weighted by Gasteiger charge is -2.29. The molecule has 0 radical (unpaired) electrons. The molecule has 1 aliphatic heterocycles. The van der Waals surface area contributed by atoms with Crippen molar-refractivity contribution in [2.24, 2.45) is 17.6 Å². The fraction of sp³-hybridized carbons (Fsp3) is 0.929. The minimum absolute atomic E-state index is 0.271. The molecule has 3 unspecified atom stereocenters. The van der Waals surface area contributed by atoms with Gasteiger partial charge in [-0.3, -0.25) is 9.69 Å². The van der Waals surface area contributed by atoms with E-state index < -0.39 is 0 Å². The number of likely N-dealkylation sites (N-methyl/N-ethyl adjacent to an activating group) is 1. The first-order chi connectivity index (χ1) is 8.65. The summed E-state index contributed by atoms with van der Waals surface area (Å²) in [6, 6.07) is 0.359. The van der Waals surface area contributed by atoms with Crippen LogP contribution in [0.4, 0.5) is 0 Å². The van der Waals surface area contributed by atoms with Gasteiger partial charge in [0.25, 0.3) is 0 Å². The first-order valence-electron chi connectivity index (χ1n) is 7.41. The second-order valence-corrected chi connectivity index (χ2v) is 5.78. The molecular weight excluding hydrogens is 226 g/mol. The second-order valence-electron chi connectivity index (χ2n) is 5.78. The fourth-order valence-corrected chi connectivity index (χ4v) is 3.61. The van der Waals surface area contributed by atoms with E-state index in [1.165, 1.54) is 19.3 Å². The Labute approximate surface area is 110 Å². The summed E-state index contributed by atoms with van der Waals surface area (Å²) in [7, 11) is 0. The Morgan fingerprint density at radius 2 is 2.00 bits per heavy atom. The Morgan fingerprint density at radius 3 is 2.61 bits per heavy atom. The number of hydrogen-bond donors (Lipinski definition) is 1.